The number of aromatic nitrogens is 1. The molecule has 0 radical (unpaired) electrons. The summed E-state index contributed by atoms with van der Waals surface area (Å²) in [5.41, 5.74) is 9.21. The molecular formula is C16H23N3O. The Hall–Kier alpha value is -1.81. The Morgan fingerprint density at radius 3 is 2.75 bits per heavy atom. The molecule has 0 aliphatic heterocycles. The van der Waals surface area contributed by atoms with Gasteiger partial charge in [0.1, 0.15) is 11.6 Å². The SMILES string of the molecule is CCCc1cc(CN)cc(N(C)Cc2ccoc2C)n1. The first-order valence-electron chi connectivity index (χ1n) is 7.08. The normalized spacial score (nSPS) is 10.8. The van der Waals surface area contributed by atoms with E-state index in [0.717, 1.165) is 42.2 Å². The first-order chi connectivity index (χ1) is 9.63. The van der Waals surface area contributed by atoms with Crippen molar-refractivity contribution >= 4 is 5.82 Å². The second kappa shape index (κ2) is 6.57. The summed E-state index contributed by atoms with van der Waals surface area (Å²) >= 11 is 0. The van der Waals surface area contributed by atoms with Gasteiger partial charge in [0.05, 0.1) is 6.26 Å². The van der Waals surface area contributed by atoms with Gasteiger partial charge in [-0.15, -0.1) is 0 Å². The number of nitrogens with two attached hydrogens (primary N) is 1. The number of furan rings is 1. The van der Waals surface area contributed by atoms with Crippen molar-refractivity contribution in [2.24, 2.45) is 5.73 Å². The van der Waals surface area contributed by atoms with Crippen molar-refractivity contribution in [1.29, 1.82) is 0 Å². The van der Waals surface area contributed by atoms with E-state index in [9.17, 15) is 0 Å². The van der Waals surface area contributed by atoms with Gasteiger partial charge < -0.3 is 15.1 Å². The fourth-order valence-corrected chi connectivity index (χ4v) is 2.24. The van der Waals surface area contributed by atoms with Crippen LogP contribution in [-0.4, -0.2) is 12.0 Å². The van der Waals surface area contributed by atoms with Gasteiger partial charge in [-0.2, -0.15) is 0 Å². The van der Waals surface area contributed by atoms with E-state index in [1.807, 2.05) is 20.0 Å². The van der Waals surface area contributed by atoms with Crippen LogP contribution in [-0.2, 0) is 19.5 Å². The van der Waals surface area contributed by atoms with E-state index in [4.69, 9.17) is 15.1 Å². The van der Waals surface area contributed by atoms with Gasteiger partial charge in [0, 0.05) is 31.4 Å². The van der Waals surface area contributed by atoms with Crippen molar-refractivity contribution in [2.75, 3.05) is 11.9 Å². The number of aryl methyl sites for hydroxylation is 2. The Labute approximate surface area is 120 Å². The molecule has 2 aromatic heterocycles. The van der Waals surface area contributed by atoms with Crippen molar-refractivity contribution in [2.45, 2.75) is 39.8 Å². The third-order valence-electron chi connectivity index (χ3n) is 3.43. The van der Waals surface area contributed by atoms with Crippen molar-refractivity contribution in [3.63, 3.8) is 0 Å². The number of hydrogen-bond acceptors (Lipinski definition) is 4. The standard InChI is InChI=1S/C16H23N3O/c1-4-5-15-8-13(10-17)9-16(18-15)19(3)11-14-6-7-20-12(14)2/h6-9H,4-5,10-11,17H2,1-3H3. The van der Waals surface area contributed by atoms with Crippen LogP contribution >= 0.6 is 0 Å². The summed E-state index contributed by atoms with van der Waals surface area (Å²) in [5.74, 6) is 1.93. The Morgan fingerprint density at radius 1 is 1.35 bits per heavy atom. The maximum absolute atomic E-state index is 5.78. The lowest BCUT2D eigenvalue weighted by Gasteiger charge is -2.19. The van der Waals surface area contributed by atoms with Gasteiger partial charge in [-0.3, -0.25) is 0 Å². The van der Waals surface area contributed by atoms with E-state index in [-0.39, 0.29) is 0 Å². The molecule has 2 aromatic rings. The largest absolute Gasteiger partial charge is 0.469 e. The first-order valence-corrected chi connectivity index (χ1v) is 7.08. The molecule has 0 aromatic carbocycles. The number of nitrogens with zero attached hydrogens (tertiary/aromatic N) is 2. The molecule has 108 valence electrons. The quantitative estimate of drug-likeness (QED) is 0.879. The van der Waals surface area contributed by atoms with Crippen LogP contribution in [0, 0.1) is 6.92 Å². The minimum absolute atomic E-state index is 0.546. The Kier molecular flexibility index (Phi) is 4.79. The van der Waals surface area contributed by atoms with Crippen LogP contribution < -0.4 is 10.6 Å². The predicted molar refractivity (Wildman–Crippen MR) is 81.7 cm³/mol. The molecule has 0 unspecified atom stereocenters. The molecule has 0 amide bonds. The minimum Gasteiger partial charge on any atom is -0.469 e. The molecule has 0 bridgehead atoms. The third kappa shape index (κ3) is 3.39. The molecule has 4 heteroatoms. The van der Waals surface area contributed by atoms with E-state index in [1.165, 1.54) is 5.56 Å². The zero-order valence-corrected chi connectivity index (χ0v) is 12.5. The molecule has 2 heterocycles. The summed E-state index contributed by atoms with van der Waals surface area (Å²) in [4.78, 5) is 6.86. The Morgan fingerprint density at radius 2 is 2.15 bits per heavy atom. The van der Waals surface area contributed by atoms with Crippen LogP contribution in [0.15, 0.2) is 28.9 Å². The summed E-state index contributed by atoms with van der Waals surface area (Å²) in [6.45, 7) is 5.48. The highest BCUT2D eigenvalue weighted by molar-refractivity contribution is 5.43. The zero-order valence-electron chi connectivity index (χ0n) is 12.5. The molecule has 0 saturated carbocycles. The fraction of sp³-hybridized carbons (Fsp3) is 0.438. The van der Waals surface area contributed by atoms with Gasteiger partial charge in [0.2, 0.25) is 0 Å². The van der Waals surface area contributed by atoms with Crippen LogP contribution in [0.4, 0.5) is 5.82 Å². The van der Waals surface area contributed by atoms with Gasteiger partial charge in [0.15, 0.2) is 0 Å². The Balaban J connectivity index is 2.22. The van der Waals surface area contributed by atoms with E-state index < -0.39 is 0 Å². The topological polar surface area (TPSA) is 55.3 Å². The van der Waals surface area contributed by atoms with Crippen LogP contribution in [0.5, 0.6) is 0 Å². The van der Waals surface area contributed by atoms with E-state index in [2.05, 4.69) is 24.0 Å². The van der Waals surface area contributed by atoms with Gasteiger partial charge >= 0.3 is 0 Å². The Bertz CT molecular complexity index is 563. The van der Waals surface area contributed by atoms with E-state index >= 15 is 0 Å². The summed E-state index contributed by atoms with van der Waals surface area (Å²) in [6.07, 6.45) is 3.80. The zero-order chi connectivity index (χ0) is 14.5. The van der Waals surface area contributed by atoms with Gasteiger partial charge in [-0.1, -0.05) is 13.3 Å². The van der Waals surface area contributed by atoms with Gasteiger partial charge in [-0.05, 0) is 37.1 Å². The molecule has 20 heavy (non-hydrogen) atoms. The molecule has 4 nitrogen and oxygen atoms in total. The van der Waals surface area contributed by atoms with E-state index in [1.54, 1.807) is 6.26 Å². The molecule has 0 aliphatic carbocycles. The third-order valence-corrected chi connectivity index (χ3v) is 3.43. The average molecular weight is 273 g/mol. The number of pyridine rings is 1. The summed E-state index contributed by atoms with van der Waals surface area (Å²) in [5, 5.41) is 0. The summed E-state index contributed by atoms with van der Waals surface area (Å²) in [6, 6.07) is 6.17. The molecular weight excluding hydrogens is 250 g/mol. The molecule has 2 N–H and O–H groups in total. The maximum atomic E-state index is 5.78. The number of anilines is 1. The molecule has 0 atom stereocenters. The minimum atomic E-state index is 0.546. The second-order valence-electron chi connectivity index (χ2n) is 5.14. The van der Waals surface area contributed by atoms with Gasteiger partial charge in [-0.25, -0.2) is 4.98 Å². The van der Waals surface area contributed by atoms with Gasteiger partial charge in [0.25, 0.3) is 0 Å². The van der Waals surface area contributed by atoms with Crippen LogP contribution in [0.1, 0.15) is 35.9 Å². The van der Waals surface area contributed by atoms with E-state index in [0.29, 0.717) is 6.54 Å². The lowest BCUT2D eigenvalue weighted by molar-refractivity contribution is 0.529. The highest BCUT2D eigenvalue weighted by Gasteiger charge is 2.09. The highest BCUT2D eigenvalue weighted by Crippen LogP contribution is 2.19. The van der Waals surface area contributed by atoms with Crippen molar-refractivity contribution < 1.29 is 4.42 Å². The smallest absolute Gasteiger partial charge is 0.129 e. The first kappa shape index (κ1) is 14.6. The second-order valence-corrected chi connectivity index (χ2v) is 5.14. The summed E-state index contributed by atoms with van der Waals surface area (Å²) < 4.78 is 5.34. The lowest BCUT2D eigenvalue weighted by Crippen LogP contribution is -2.19. The predicted octanol–water partition coefficient (Wildman–Crippen LogP) is 3.03. The highest BCUT2D eigenvalue weighted by atomic mass is 16.3. The number of hydrogen-bond donors (Lipinski definition) is 1. The summed E-state index contributed by atoms with van der Waals surface area (Å²) in [7, 11) is 2.05. The van der Waals surface area contributed by atoms with Crippen LogP contribution in [0.2, 0.25) is 0 Å². The molecule has 0 spiro atoms. The van der Waals surface area contributed by atoms with Crippen LogP contribution in [0.3, 0.4) is 0 Å². The fourth-order valence-electron chi connectivity index (χ4n) is 2.24. The maximum Gasteiger partial charge on any atom is 0.129 e. The molecule has 0 saturated heterocycles. The van der Waals surface area contributed by atoms with Crippen molar-refractivity contribution in [3.8, 4) is 0 Å². The lowest BCUT2D eigenvalue weighted by atomic mass is 10.1. The molecule has 2 rings (SSSR count). The van der Waals surface area contributed by atoms with Crippen molar-refractivity contribution in [1.82, 2.24) is 4.98 Å². The van der Waals surface area contributed by atoms with Crippen molar-refractivity contribution in [3.05, 3.63) is 47.0 Å². The average Bonchev–Trinajstić information content (AvgIpc) is 2.84. The monoisotopic (exact) mass is 273 g/mol. The van der Waals surface area contributed by atoms with Crippen LogP contribution in [0.25, 0.3) is 0 Å². The number of rotatable bonds is 6. The molecule has 0 aliphatic rings. The molecule has 0 fully saturated rings.